The van der Waals surface area contributed by atoms with E-state index in [2.05, 4.69) is 0 Å². The number of anilines is 1. The summed E-state index contributed by atoms with van der Waals surface area (Å²) in [6.07, 6.45) is 1.60. The standard InChI is InChI=1S/C23H23FN2O4/c1-16-6-7-18-17(14-29-21(18)12-16)13-23(28)30-15-22(27)26-10-8-25(9-11-26)20-5-3-2-4-19(20)24/h2-7,12,14H,8-11,13,15H2,1H3. The van der Waals surface area contributed by atoms with Crippen LogP contribution in [0.25, 0.3) is 11.0 Å². The van der Waals surface area contributed by atoms with E-state index in [1.165, 1.54) is 6.07 Å². The van der Waals surface area contributed by atoms with Crippen molar-refractivity contribution in [3.63, 3.8) is 0 Å². The Morgan fingerprint density at radius 3 is 2.63 bits per heavy atom. The lowest BCUT2D eigenvalue weighted by molar-refractivity contribution is -0.151. The molecule has 4 rings (SSSR count). The van der Waals surface area contributed by atoms with E-state index in [9.17, 15) is 14.0 Å². The molecule has 3 aromatic rings. The van der Waals surface area contributed by atoms with Gasteiger partial charge in [-0.25, -0.2) is 4.39 Å². The maximum atomic E-state index is 13.9. The minimum atomic E-state index is -0.475. The summed E-state index contributed by atoms with van der Waals surface area (Å²) < 4.78 is 24.6. The van der Waals surface area contributed by atoms with Gasteiger partial charge >= 0.3 is 5.97 Å². The summed E-state index contributed by atoms with van der Waals surface area (Å²) >= 11 is 0. The number of benzene rings is 2. The molecule has 0 radical (unpaired) electrons. The molecule has 1 amide bonds. The lowest BCUT2D eigenvalue weighted by Gasteiger charge is -2.36. The van der Waals surface area contributed by atoms with E-state index in [4.69, 9.17) is 9.15 Å². The van der Waals surface area contributed by atoms with E-state index in [0.717, 1.165) is 22.1 Å². The Balaban J connectivity index is 1.26. The van der Waals surface area contributed by atoms with Crippen LogP contribution >= 0.6 is 0 Å². The normalized spacial score (nSPS) is 14.2. The highest BCUT2D eigenvalue weighted by molar-refractivity contribution is 5.87. The molecule has 0 bridgehead atoms. The molecule has 0 N–H and O–H groups in total. The van der Waals surface area contributed by atoms with E-state index in [-0.39, 0.29) is 24.8 Å². The zero-order valence-corrected chi connectivity index (χ0v) is 16.8. The summed E-state index contributed by atoms with van der Waals surface area (Å²) in [5, 5.41) is 0.869. The van der Waals surface area contributed by atoms with Crippen LogP contribution in [0.15, 0.2) is 53.1 Å². The van der Waals surface area contributed by atoms with Crippen molar-refractivity contribution in [2.45, 2.75) is 13.3 Å². The van der Waals surface area contributed by atoms with Crippen molar-refractivity contribution in [2.24, 2.45) is 0 Å². The third-order valence-corrected chi connectivity index (χ3v) is 5.33. The van der Waals surface area contributed by atoms with Gasteiger partial charge in [0.15, 0.2) is 6.61 Å². The number of esters is 1. The minimum Gasteiger partial charge on any atom is -0.464 e. The van der Waals surface area contributed by atoms with E-state index in [0.29, 0.717) is 31.9 Å². The summed E-state index contributed by atoms with van der Waals surface area (Å²) in [6.45, 7) is 3.64. The number of carbonyl (C=O) groups excluding carboxylic acids is 2. The Bertz CT molecular complexity index is 1070. The first-order chi connectivity index (χ1) is 14.5. The number of nitrogens with zero attached hydrogens (tertiary/aromatic N) is 2. The Kier molecular flexibility index (Phi) is 5.70. The van der Waals surface area contributed by atoms with Crippen LogP contribution in [-0.2, 0) is 20.7 Å². The SMILES string of the molecule is Cc1ccc2c(CC(=O)OCC(=O)N3CCN(c4ccccc4F)CC3)coc2c1. The van der Waals surface area contributed by atoms with Crippen LogP contribution < -0.4 is 4.90 Å². The van der Waals surface area contributed by atoms with Gasteiger partial charge in [0.2, 0.25) is 0 Å². The largest absolute Gasteiger partial charge is 0.464 e. The number of para-hydroxylation sites is 1. The highest BCUT2D eigenvalue weighted by Crippen LogP contribution is 2.23. The van der Waals surface area contributed by atoms with Crippen molar-refractivity contribution < 1.29 is 23.1 Å². The van der Waals surface area contributed by atoms with Gasteiger partial charge in [-0.05, 0) is 30.7 Å². The van der Waals surface area contributed by atoms with Crippen molar-refractivity contribution >= 4 is 28.5 Å². The Labute approximate surface area is 173 Å². The second-order valence-corrected chi connectivity index (χ2v) is 7.42. The maximum Gasteiger partial charge on any atom is 0.310 e. The molecule has 1 aliphatic rings. The van der Waals surface area contributed by atoms with Crippen LogP contribution in [0.3, 0.4) is 0 Å². The molecule has 6 nitrogen and oxygen atoms in total. The number of aryl methyl sites for hydroxylation is 1. The summed E-state index contributed by atoms with van der Waals surface area (Å²) in [5.41, 5.74) is 3.08. The molecule has 0 atom stereocenters. The second-order valence-electron chi connectivity index (χ2n) is 7.42. The number of ether oxygens (including phenoxy) is 1. The van der Waals surface area contributed by atoms with Crippen molar-refractivity contribution in [3.8, 4) is 0 Å². The van der Waals surface area contributed by atoms with Crippen LogP contribution in [0.5, 0.6) is 0 Å². The molecule has 7 heteroatoms. The van der Waals surface area contributed by atoms with Gasteiger partial charge < -0.3 is 19.0 Å². The lowest BCUT2D eigenvalue weighted by atomic mass is 10.1. The molecule has 1 aliphatic heterocycles. The molecule has 0 saturated carbocycles. The molecule has 0 unspecified atom stereocenters. The first kappa shape index (κ1) is 19.9. The predicted octanol–water partition coefficient (Wildman–Crippen LogP) is 3.31. The topological polar surface area (TPSA) is 63.0 Å². The quantitative estimate of drug-likeness (QED) is 0.604. The zero-order valence-electron chi connectivity index (χ0n) is 16.8. The lowest BCUT2D eigenvalue weighted by Crippen LogP contribution is -2.50. The number of fused-ring (bicyclic) bond motifs is 1. The third kappa shape index (κ3) is 4.30. The van der Waals surface area contributed by atoms with Crippen LogP contribution in [0, 0.1) is 12.7 Å². The second kappa shape index (κ2) is 8.57. The first-order valence-corrected chi connectivity index (χ1v) is 9.91. The molecule has 0 spiro atoms. The van der Waals surface area contributed by atoms with Crippen molar-refractivity contribution in [3.05, 3.63) is 65.7 Å². The molecule has 2 heterocycles. The Morgan fingerprint density at radius 1 is 1.10 bits per heavy atom. The minimum absolute atomic E-state index is 0.0460. The Hall–Kier alpha value is -3.35. The zero-order chi connectivity index (χ0) is 21.1. The van der Waals surface area contributed by atoms with E-state index in [1.807, 2.05) is 30.0 Å². The monoisotopic (exact) mass is 410 g/mol. The number of rotatable bonds is 5. The molecule has 1 saturated heterocycles. The number of amides is 1. The van der Waals surface area contributed by atoms with E-state index < -0.39 is 5.97 Å². The number of furan rings is 1. The molecule has 2 aromatic carbocycles. The summed E-state index contributed by atoms with van der Waals surface area (Å²) in [5.74, 6) is -0.992. The van der Waals surface area contributed by atoms with Gasteiger partial charge in [0.1, 0.15) is 11.4 Å². The summed E-state index contributed by atoms with van der Waals surface area (Å²) in [7, 11) is 0. The van der Waals surface area contributed by atoms with Gasteiger partial charge in [-0.15, -0.1) is 0 Å². The predicted molar refractivity (Wildman–Crippen MR) is 111 cm³/mol. The maximum absolute atomic E-state index is 13.9. The van der Waals surface area contributed by atoms with Crippen LogP contribution in [0.1, 0.15) is 11.1 Å². The van der Waals surface area contributed by atoms with Crippen molar-refractivity contribution in [1.29, 1.82) is 0 Å². The third-order valence-electron chi connectivity index (χ3n) is 5.33. The molecule has 0 aliphatic carbocycles. The van der Waals surface area contributed by atoms with Gasteiger partial charge in [0.25, 0.3) is 5.91 Å². The average molecular weight is 410 g/mol. The Morgan fingerprint density at radius 2 is 1.87 bits per heavy atom. The number of hydrogen-bond donors (Lipinski definition) is 0. The molecule has 156 valence electrons. The van der Waals surface area contributed by atoms with Crippen LogP contribution in [0.2, 0.25) is 0 Å². The summed E-state index contributed by atoms with van der Waals surface area (Å²) in [6, 6.07) is 12.4. The summed E-state index contributed by atoms with van der Waals surface area (Å²) in [4.78, 5) is 28.2. The van der Waals surface area contributed by atoms with Crippen LogP contribution in [-0.4, -0.2) is 49.6 Å². The molecular formula is C23H23FN2O4. The van der Waals surface area contributed by atoms with Gasteiger partial charge in [0, 0.05) is 37.1 Å². The number of carbonyl (C=O) groups is 2. The molecule has 1 aromatic heterocycles. The molecular weight excluding hydrogens is 387 g/mol. The van der Waals surface area contributed by atoms with Gasteiger partial charge in [0.05, 0.1) is 18.4 Å². The van der Waals surface area contributed by atoms with Crippen LogP contribution in [0.4, 0.5) is 10.1 Å². The van der Waals surface area contributed by atoms with Gasteiger partial charge in [-0.1, -0.05) is 24.3 Å². The fraction of sp³-hybridized carbons (Fsp3) is 0.304. The highest BCUT2D eigenvalue weighted by atomic mass is 19.1. The van der Waals surface area contributed by atoms with Gasteiger partial charge in [-0.3, -0.25) is 9.59 Å². The van der Waals surface area contributed by atoms with E-state index >= 15 is 0 Å². The fourth-order valence-electron chi connectivity index (χ4n) is 3.67. The van der Waals surface area contributed by atoms with Crippen molar-refractivity contribution in [1.82, 2.24) is 4.90 Å². The van der Waals surface area contributed by atoms with Gasteiger partial charge in [-0.2, -0.15) is 0 Å². The number of halogens is 1. The fourth-order valence-corrected chi connectivity index (χ4v) is 3.67. The smallest absolute Gasteiger partial charge is 0.310 e. The van der Waals surface area contributed by atoms with E-state index in [1.54, 1.807) is 29.4 Å². The number of piperazine rings is 1. The average Bonchev–Trinajstić information content (AvgIpc) is 3.14. The number of hydrogen-bond acceptors (Lipinski definition) is 5. The highest BCUT2D eigenvalue weighted by Gasteiger charge is 2.23. The first-order valence-electron chi connectivity index (χ1n) is 9.91. The van der Waals surface area contributed by atoms with Crippen molar-refractivity contribution in [2.75, 3.05) is 37.7 Å². The molecule has 1 fully saturated rings. The molecule has 30 heavy (non-hydrogen) atoms.